The normalized spacial score (nSPS) is 25.8. The quantitative estimate of drug-likeness (QED) is 0.750. The highest BCUT2D eigenvalue weighted by Crippen LogP contribution is 2.34. The Balaban J connectivity index is 2.02. The van der Waals surface area contributed by atoms with Crippen LogP contribution in [0.1, 0.15) is 50.6 Å². The van der Waals surface area contributed by atoms with Gasteiger partial charge in [0.1, 0.15) is 6.17 Å². The number of unbranched alkanes of at least 4 members (excludes halogenated alkanes) is 2. The Kier molecular flexibility index (Phi) is 5.79. The van der Waals surface area contributed by atoms with Crippen LogP contribution in [0, 0.1) is 0 Å². The second-order valence-electron chi connectivity index (χ2n) is 5.80. The SMILES string of the molecule is CCC1(C)NC(c2cccs2)N(CCCCCOC)C1=O. The highest BCUT2D eigenvalue weighted by atomic mass is 32.1. The largest absolute Gasteiger partial charge is 0.385 e. The molecule has 5 heteroatoms. The van der Waals surface area contributed by atoms with E-state index in [2.05, 4.69) is 23.7 Å². The molecule has 4 nitrogen and oxygen atoms in total. The Labute approximate surface area is 131 Å². The molecule has 1 amide bonds. The van der Waals surface area contributed by atoms with Gasteiger partial charge in [-0.05, 0) is 44.1 Å². The maximum Gasteiger partial charge on any atom is 0.244 e. The number of rotatable bonds is 8. The monoisotopic (exact) mass is 310 g/mol. The van der Waals surface area contributed by atoms with Crippen molar-refractivity contribution in [2.45, 2.75) is 51.2 Å². The molecule has 2 heterocycles. The molecule has 0 spiro atoms. The predicted octanol–water partition coefficient (Wildman–Crippen LogP) is 3.16. The van der Waals surface area contributed by atoms with Crippen LogP contribution >= 0.6 is 11.3 Å². The minimum Gasteiger partial charge on any atom is -0.385 e. The second kappa shape index (κ2) is 7.38. The van der Waals surface area contributed by atoms with E-state index in [4.69, 9.17) is 4.74 Å². The van der Waals surface area contributed by atoms with Crippen molar-refractivity contribution in [3.8, 4) is 0 Å². The van der Waals surface area contributed by atoms with Crippen LogP contribution in [0.4, 0.5) is 0 Å². The third kappa shape index (κ3) is 3.65. The molecule has 2 rings (SSSR count). The summed E-state index contributed by atoms with van der Waals surface area (Å²) in [5.74, 6) is 0.232. The summed E-state index contributed by atoms with van der Waals surface area (Å²) in [5, 5.41) is 5.60. The van der Waals surface area contributed by atoms with Crippen LogP contribution < -0.4 is 5.32 Å². The zero-order valence-electron chi connectivity index (χ0n) is 13.2. The van der Waals surface area contributed by atoms with Gasteiger partial charge in [0.05, 0.1) is 5.54 Å². The summed E-state index contributed by atoms with van der Waals surface area (Å²) < 4.78 is 5.07. The minimum absolute atomic E-state index is 0.0323. The van der Waals surface area contributed by atoms with Gasteiger partial charge >= 0.3 is 0 Å². The highest BCUT2D eigenvalue weighted by molar-refractivity contribution is 7.10. The van der Waals surface area contributed by atoms with Crippen LogP contribution in [-0.4, -0.2) is 36.6 Å². The molecule has 21 heavy (non-hydrogen) atoms. The molecule has 0 radical (unpaired) electrons. The van der Waals surface area contributed by atoms with Crippen LogP contribution in [0.3, 0.4) is 0 Å². The maximum atomic E-state index is 12.7. The molecular formula is C16H26N2O2S. The number of carbonyl (C=O) groups is 1. The molecule has 0 bridgehead atoms. The smallest absolute Gasteiger partial charge is 0.244 e. The van der Waals surface area contributed by atoms with E-state index in [0.29, 0.717) is 0 Å². The van der Waals surface area contributed by atoms with E-state index in [-0.39, 0.29) is 12.1 Å². The van der Waals surface area contributed by atoms with Gasteiger partial charge in [-0.25, -0.2) is 0 Å². The first-order chi connectivity index (χ1) is 10.1. The van der Waals surface area contributed by atoms with E-state index in [9.17, 15) is 4.79 Å². The first-order valence-electron chi connectivity index (χ1n) is 7.73. The summed E-state index contributed by atoms with van der Waals surface area (Å²) in [7, 11) is 1.73. The number of hydrogen-bond donors (Lipinski definition) is 1. The van der Waals surface area contributed by atoms with Crippen LogP contribution in [0.25, 0.3) is 0 Å². The van der Waals surface area contributed by atoms with Gasteiger partial charge in [0.15, 0.2) is 0 Å². The predicted molar refractivity (Wildman–Crippen MR) is 86.3 cm³/mol. The molecule has 1 aliphatic rings. The molecular weight excluding hydrogens is 284 g/mol. The lowest BCUT2D eigenvalue weighted by molar-refractivity contribution is -0.133. The molecule has 1 aliphatic heterocycles. The molecule has 0 saturated carbocycles. The van der Waals surface area contributed by atoms with Gasteiger partial charge in [0.2, 0.25) is 5.91 Å². The van der Waals surface area contributed by atoms with Crippen LogP contribution in [0.15, 0.2) is 17.5 Å². The van der Waals surface area contributed by atoms with Crippen molar-refractivity contribution in [3.63, 3.8) is 0 Å². The first-order valence-corrected chi connectivity index (χ1v) is 8.61. The van der Waals surface area contributed by atoms with Gasteiger partial charge in [0.25, 0.3) is 0 Å². The highest BCUT2D eigenvalue weighted by Gasteiger charge is 2.47. The van der Waals surface area contributed by atoms with Gasteiger partial charge < -0.3 is 9.64 Å². The van der Waals surface area contributed by atoms with Crippen molar-refractivity contribution in [2.24, 2.45) is 0 Å². The van der Waals surface area contributed by atoms with E-state index < -0.39 is 5.54 Å². The molecule has 2 atom stereocenters. The zero-order chi connectivity index (χ0) is 15.3. The Morgan fingerprint density at radius 1 is 1.43 bits per heavy atom. The molecule has 118 valence electrons. The average molecular weight is 310 g/mol. The van der Waals surface area contributed by atoms with E-state index in [1.165, 1.54) is 4.88 Å². The molecule has 1 saturated heterocycles. The van der Waals surface area contributed by atoms with Crippen LogP contribution in [-0.2, 0) is 9.53 Å². The van der Waals surface area contributed by atoms with E-state index in [0.717, 1.165) is 38.8 Å². The summed E-state index contributed by atoms with van der Waals surface area (Å²) in [6.45, 7) is 5.69. The van der Waals surface area contributed by atoms with Gasteiger partial charge in [-0.3, -0.25) is 10.1 Å². The fourth-order valence-electron chi connectivity index (χ4n) is 2.74. The van der Waals surface area contributed by atoms with E-state index in [1.54, 1.807) is 18.4 Å². The lowest BCUT2D eigenvalue weighted by atomic mass is 9.99. The van der Waals surface area contributed by atoms with Gasteiger partial charge in [-0.2, -0.15) is 0 Å². The fourth-order valence-corrected chi connectivity index (χ4v) is 3.52. The number of thiophene rings is 1. The van der Waals surface area contributed by atoms with E-state index in [1.807, 2.05) is 17.9 Å². The number of ether oxygens (including phenoxy) is 1. The molecule has 0 aromatic carbocycles. The molecule has 2 unspecified atom stereocenters. The van der Waals surface area contributed by atoms with E-state index >= 15 is 0 Å². The fraction of sp³-hybridized carbons (Fsp3) is 0.688. The van der Waals surface area contributed by atoms with Crippen molar-refractivity contribution in [2.75, 3.05) is 20.3 Å². The molecule has 1 aromatic rings. The third-order valence-corrected chi connectivity index (χ3v) is 5.19. The standard InChI is InChI=1S/C16H26N2O2S/c1-4-16(2)15(19)18(10-6-5-7-11-20-3)14(17-16)13-9-8-12-21-13/h8-9,12,14,17H,4-7,10-11H2,1-3H3. The van der Waals surface area contributed by atoms with Crippen molar-refractivity contribution in [3.05, 3.63) is 22.4 Å². The first kappa shape index (κ1) is 16.5. The van der Waals surface area contributed by atoms with Crippen molar-refractivity contribution >= 4 is 17.2 Å². The van der Waals surface area contributed by atoms with Gasteiger partial charge in [-0.1, -0.05) is 13.0 Å². The van der Waals surface area contributed by atoms with Crippen LogP contribution in [0.2, 0.25) is 0 Å². The Morgan fingerprint density at radius 2 is 2.24 bits per heavy atom. The minimum atomic E-state index is -0.429. The summed E-state index contributed by atoms with van der Waals surface area (Å²) in [6, 6.07) is 4.15. The Bertz CT molecular complexity index is 449. The van der Waals surface area contributed by atoms with Crippen LogP contribution in [0.5, 0.6) is 0 Å². The number of carbonyl (C=O) groups excluding carboxylic acids is 1. The topological polar surface area (TPSA) is 41.6 Å². The zero-order valence-corrected chi connectivity index (χ0v) is 14.0. The molecule has 1 fully saturated rings. The lowest BCUT2D eigenvalue weighted by Gasteiger charge is -2.23. The van der Waals surface area contributed by atoms with Gasteiger partial charge in [0, 0.05) is 25.1 Å². The third-order valence-electron chi connectivity index (χ3n) is 4.27. The van der Waals surface area contributed by atoms with Crippen molar-refractivity contribution in [1.82, 2.24) is 10.2 Å². The molecule has 0 aliphatic carbocycles. The number of nitrogens with one attached hydrogen (secondary N) is 1. The Hall–Kier alpha value is -0.910. The Morgan fingerprint density at radius 3 is 2.86 bits per heavy atom. The number of nitrogens with zero attached hydrogens (tertiary/aromatic N) is 1. The summed E-state index contributed by atoms with van der Waals surface area (Å²) in [4.78, 5) is 16.0. The molecule has 1 N–H and O–H groups in total. The number of amides is 1. The second-order valence-corrected chi connectivity index (χ2v) is 6.78. The van der Waals surface area contributed by atoms with Gasteiger partial charge in [-0.15, -0.1) is 11.3 Å². The number of hydrogen-bond acceptors (Lipinski definition) is 4. The van der Waals surface area contributed by atoms with Crippen molar-refractivity contribution < 1.29 is 9.53 Å². The van der Waals surface area contributed by atoms with Crippen molar-refractivity contribution in [1.29, 1.82) is 0 Å². The lowest BCUT2D eigenvalue weighted by Crippen LogP contribution is -2.43. The summed E-state index contributed by atoms with van der Waals surface area (Å²) >= 11 is 1.71. The molecule has 1 aromatic heterocycles. The summed E-state index contributed by atoms with van der Waals surface area (Å²) in [6.07, 6.45) is 4.02. The maximum absolute atomic E-state index is 12.7. The number of methoxy groups -OCH3 is 1. The summed E-state index contributed by atoms with van der Waals surface area (Å²) in [5.41, 5.74) is -0.429. The average Bonchev–Trinajstić information content (AvgIpc) is 3.09.